The molecule has 25 heavy (non-hydrogen) atoms. The summed E-state index contributed by atoms with van der Waals surface area (Å²) in [5.41, 5.74) is 2.05. The SMILES string of the molecule is COC(=O)Cc1ccc2c(c1)C(O)(CCCO)C1=CCCC=C1CO2. The van der Waals surface area contributed by atoms with E-state index >= 15 is 0 Å². The Bertz CT molecular complexity index is 719. The van der Waals surface area contributed by atoms with Crippen LogP contribution < -0.4 is 4.74 Å². The van der Waals surface area contributed by atoms with E-state index in [1.807, 2.05) is 12.1 Å². The van der Waals surface area contributed by atoms with Crippen LogP contribution in [0.1, 0.15) is 36.8 Å². The number of benzene rings is 1. The van der Waals surface area contributed by atoms with Crippen LogP contribution in [-0.2, 0) is 21.6 Å². The van der Waals surface area contributed by atoms with E-state index in [-0.39, 0.29) is 19.0 Å². The van der Waals surface area contributed by atoms with Crippen molar-refractivity contribution in [2.45, 2.75) is 37.7 Å². The maximum Gasteiger partial charge on any atom is 0.309 e. The van der Waals surface area contributed by atoms with Gasteiger partial charge in [0.2, 0.25) is 0 Å². The molecule has 0 spiro atoms. The van der Waals surface area contributed by atoms with Crippen molar-refractivity contribution in [1.82, 2.24) is 0 Å². The van der Waals surface area contributed by atoms with Crippen molar-refractivity contribution in [2.24, 2.45) is 0 Å². The van der Waals surface area contributed by atoms with E-state index in [0.717, 1.165) is 29.6 Å². The molecule has 1 aromatic rings. The topological polar surface area (TPSA) is 76.0 Å². The maximum absolute atomic E-state index is 11.6. The summed E-state index contributed by atoms with van der Waals surface area (Å²) in [6.45, 7) is 0.420. The van der Waals surface area contributed by atoms with Gasteiger partial charge in [0.05, 0.1) is 13.5 Å². The first-order valence-electron chi connectivity index (χ1n) is 8.65. The Morgan fingerprint density at radius 3 is 2.88 bits per heavy atom. The lowest BCUT2D eigenvalue weighted by molar-refractivity contribution is -0.139. The number of aliphatic hydroxyl groups is 2. The molecule has 1 heterocycles. The Hall–Kier alpha value is -2.11. The molecule has 134 valence electrons. The average molecular weight is 344 g/mol. The molecule has 0 fully saturated rings. The molecule has 2 N–H and O–H groups in total. The van der Waals surface area contributed by atoms with Crippen LogP contribution in [0.5, 0.6) is 5.75 Å². The number of rotatable bonds is 5. The van der Waals surface area contributed by atoms with E-state index in [2.05, 4.69) is 12.2 Å². The van der Waals surface area contributed by atoms with Gasteiger partial charge >= 0.3 is 5.97 Å². The highest BCUT2D eigenvalue weighted by Crippen LogP contribution is 2.46. The summed E-state index contributed by atoms with van der Waals surface area (Å²) in [5, 5.41) is 20.9. The second-order valence-corrected chi connectivity index (χ2v) is 6.48. The van der Waals surface area contributed by atoms with Gasteiger partial charge in [-0.15, -0.1) is 0 Å². The standard InChI is InChI=1S/C20H24O5/c1-24-19(22)12-14-7-8-18-17(11-14)20(23,9-4-10-21)16-6-3-2-5-15(16)13-25-18/h5-8,11,21,23H,2-4,9-10,12-13H2,1H3. The third-order valence-electron chi connectivity index (χ3n) is 4.84. The average Bonchev–Trinajstić information content (AvgIpc) is 2.76. The summed E-state index contributed by atoms with van der Waals surface area (Å²) in [6.07, 6.45) is 6.99. The molecule has 0 amide bonds. The maximum atomic E-state index is 11.6. The first-order valence-corrected chi connectivity index (χ1v) is 8.65. The third-order valence-corrected chi connectivity index (χ3v) is 4.84. The van der Waals surface area contributed by atoms with Crippen LogP contribution in [0.25, 0.3) is 0 Å². The Morgan fingerprint density at radius 1 is 1.32 bits per heavy atom. The fraction of sp³-hybridized carbons (Fsp3) is 0.450. The van der Waals surface area contributed by atoms with Gasteiger partial charge in [0.1, 0.15) is 18.0 Å². The van der Waals surface area contributed by atoms with Gasteiger partial charge in [-0.2, -0.15) is 0 Å². The third kappa shape index (κ3) is 3.48. The number of aliphatic hydroxyl groups excluding tert-OH is 1. The number of fused-ring (bicyclic) bond motifs is 2. The molecule has 1 aliphatic carbocycles. The van der Waals surface area contributed by atoms with Gasteiger partial charge in [0.25, 0.3) is 0 Å². The van der Waals surface area contributed by atoms with Crippen molar-refractivity contribution in [1.29, 1.82) is 0 Å². The van der Waals surface area contributed by atoms with Crippen LogP contribution in [0.2, 0.25) is 0 Å². The minimum absolute atomic E-state index is 0.00663. The molecule has 1 atom stereocenters. The number of ether oxygens (including phenoxy) is 2. The first kappa shape index (κ1) is 17.7. The van der Waals surface area contributed by atoms with Crippen LogP contribution in [0.15, 0.2) is 41.5 Å². The smallest absolute Gasteiger partial charge is 0.309 e. The number of hydrogen-bond donors (Lipinski definition) is 2. The van der Waals surface area contributed by atoms with Gasteiger partial charge in [-0.3, -0.25) is 4.79 Å². The second-order valence-electron chi connectivity index (χ2n) is 6.48. The molecule has 5 heteroatoms. The van der Waals surface area contributed by atoms with Gasteiger partial charge in [0, 0.05) is 12.2 Å². The molecule has 0 radical (unpaired) electrons. The molecular formula is C20H24O5. The van der Waals surface area contributed by atoms with Gasteiger partial charge in [-0.25, -0.2) is 0 Å². The normalized spacial score (nSPS) is 21.9. The first-order chi connectivity index (χ1) is 12.1. The lowest BCUT2D eigenvalue weighted by Crippen LogP contribution is -2.30. The number of methoxy groups -OCH3 is 1. The molecule has 0 aromatic heterocycles. The Labute approximate surface area is 147 Å². The van der Waals surface area contributed by atoms with Crippen LogP contribution in [0.3, 0.4) is 0 Å². The van der Waals surface area contributed by atoms with Crippen molar-refractivity contribution in [3.05, 3.63) is 52.6 Å². The van der Waals surface area contributed by atoms with Crippen LogP contribution >= 0.6 is 0 Å². The molecule has 3 rings (SSSR count). The summed E-state index contributed by atoms with van der Waals surface area (Å²) in [7, 11) is 1.36. The molecule has 5 nitrogen and oxygen atoms in total. The monoisotopic (exact) mass is 344 g/mol. The predicted octanol–water partition coefficient (Wildman–Crippen LogP) is 2.40. The largest absolute Gasteiger partial charge is 0.488 e. The highest BCUT2D eigenvalue weighted by atomic mass is 16.5. The van der Waals surface area contributed by atoms with Gasteiger partial charge in [-0.05, 0) is 54.5 Å². The number of carbonyl (C=O) groups excluding carboxylic acids is 1. The number of allylic oxidation sites excluding steroid dienone is 2. The summed E-state index contributed by atoms with van der Waals surface area (Å²) in [6, 6.07) is 5.44. The zero-order valence-electron chi connectivity index (χ0n) is 14.5. The lowest BCUT2D eigenvalue weighted by atomic mass is 9.76. The summed E-state index contributed by atoms with van der Waals surface area (Å²) >= 11 is 0. The van der Waals surface area contributed by atoms with E-state index in [0.29, 0.717) is 30.8 Å². The van der Waals surface area contributed by atoms with Crippen LogP contribution in [-0.4, -0.2) is 36.5 Å². The summed E-state index contributed by atoms with van der Waals surface area (Å²) < 4.78 is 10.7. The van der Waals surface area contributed by atoms with Gasteiger partial charge in [0.15, 0.2) is 0 Å². The number of carbonyl (C=O) groups is 1. The van der Waals surface area contributed by atoms with E-state index in [1.165, 1.54) is 7.11 Å². The molecular weight excluding hydrogens is 320 g/mol. The molecule has 0 saturated carbocycles. The fourth-order valence-corrected chi connectivity index (χ4v) is 3.58. The van der Waals surface area contributed by atoms with E-state index in [9.17, 15) is 15.0 Å². The van der Waals surface area contributed by atoms with E-state index in [1.54, 1.807) is 6.07 Å². The fourth-order valence-electron chi connectivity index (χ4n) is 3.58. The summed E-state index contributed by atoms with van der Waals surface area (Å²) in [5.74, 6) is 0.288. The lowest BCUT2D eigenvalue weighted by Gasteiger charge is -2.32. The molecule has 2 aliphatic rings. The quantitative estimate of drug-likeness (QED) is 0.802. The van der Waals surface area contributed by atoms with Crippen molar-refractivity contribution in [3.63, 3.8) is 0 Å². The van der Waals surface area contributed by atoms with Crippen molar-refractivity contribution >= 4 is 5.97 Å². The van der Waals surface area contributed by atoms with Crippen molar-refractivity contribution in [2.75, 3.05) is 20.3 Å². The molecule has 1 unspecified atom stereocenters. The zero-order chi connectivity index (χ0) is 17.9. The Balaban J connectivity index is 2.08. The highest BCUT2D eigenvalue weighted by Gasteiger charge is 2.40. The summed E-state index contributed by atoms with van der Waals surface area (Å²) in [4.78, 5) is 11.6. The van der Waals surface area contributed by atoms with E-state index < -0.39 is 5.60 Å². The van der Waals surface area contributed by atoms with Crippen LogP contribution in [0.4, 0.5) is 0 Å². The predicted molar refractivity (Wildman–Crippen MR) is 93.3 cm³/mol. The Kier molecular flexibility index (Phi) is 5.25. The highest BCUT2D eigenvalue weighted by molar-refractivity contribution is 5.72. The van der Waals surface area contributed by atoms with Gasteiger partial charge < -0.3 is 19.7 Å². The number of esters is 1. The zero-order valence-corrected chi connectivity index (χ0v) is 14.5. The van der Waals surface area contributed by atoms with Crippen LogP contribution in [0, 0.1) is 0 Å². The van der Waals surface area contributed by atoms with Crippen molar-refractivity contribution in [3.8, 4) is 5.75 Å². The molecule has 0 bridgehead atoms. The molecule has 1 aliphatic heterocycles. The van der Waals surface area contributed by atoms with E-state index in [4.69, 9.17) is 9.47 Å². The molecule has 0 saturated heterocycles. The Morgan fingerprint density at radius 2 is 2.12 bits per heavy atom. The van der Waals surface area contributed by atoms with Crippen molar-refractivity contribution < 1.29 is 24.5 Å². The molecule has 1 aromatic carbocycles. The number of hydrogen-bond acceptors (Lipinski definition) is 5. The van der Waals surface area contributed by atoms with Gasteiger partial charge in [-0.1, -0.05) is 18.2 Å². The second kappa shape index (κ2) is 7.42. The minimum atomic E-state index is -1.23. The minimum Gasteiger partial charge on any atom is -0.488 e.